The predicted octanol–water partition coefficient (Wildman–Crippen LogP) is 2.80. The summed E-state index contributed by atoms with van der Waals surface area (Å²) in [6.45, 7) is 1.73. The molecule has 7 heteroatoms. The molecule has 1 aromatic heterocycles. The zero-order valence-corrected chi connectivity index (χ0v) is 17.9. The number of fused-ring (bicyclic) bond motifs is 1. The molecular formula is C23H27FN3O2P. The zero-order valence-electron chi connectivity index (χ0n) is 16.9. The number of nitrogens with one attached hydrogen (secondary N) is 1. The number of benzene rings is 2. The second kappa shape index (κ2) is 7.84. The van der Waals surface area contributed by atoms with E-state index < -0.39 is 7.49 Å². The van der Waals surface area contributed by atoms with Crippen LogP contribution >= 0.6 is 7.49 Å². The van der Waals surface area contributed by atoms with E-state index in [1.165, 1.54) is 25.3 Å². The molecule has 1 aliphatic heterocycles. The fourth-order valence-electron chi connectivity index (χ4n) is 4.82. The van der Waals surface area contributed by atoms with Crippen LogP contribution in [0.15, 0.2) is 47.3 Å². The van der Waals surface area contributed by atoms with Crippen molar-refractivity contribution in [3.63, 3.8) is 0 Å². The summed E-state index contributed by atoms with van der Waals surface area (Å²) >= 11 is 0. The van der Waals surface area contributed by atoms with Crippen molar-refractivity contribution in [2.24, 2.45) is 0 Å². The van der Waals surface area contributed by atoms with E-state index in [9.17, 15) is 14.1 Å². The van der Waals surface area contributed by atoms with Crippen LogP contribution in [0.5, 0.6) is 0 Å². The van der Waals surface area contributed by atoms with Gasteiger partial charge in [0.05, 0.1) is 0 Å². The fourth-order valence-corrected chi connectivity index (χ4v) is 7.90. The predicted molar refractivity (Wildman–Crippen MR) is 121 cm³/mol. The Labute approximate surface area is 175 Å². The van der Waals surface area contributed by atoms with Gasteiger partial charge in [-0.1, -0.05) is 0 Å². The standard InChI is InChI=1S/C23H27FN3O2P/c24-20-9-8-16(14-21-18-6-1-2-7-19(18)23(28)26-25-21)15-22(20)30(29)12-10-27(11-13-30)17-4-3-5-17/h1-2,6-9,15,17,29-30H,3-5,10-14H2,(H,26,28). The minimum absolute atomic E-state index is 0.214. The Kier molecular flexibility index (Phi) is 5.18. The molecule has 30 heavy (non-hydrogen) atoms. The molecule has 0 unspecified atom stereocenters. The first kappa shape index (κ1) is 19.8. The molecule has 5 rings (SSSR count). The van der Waals surface area contributed by atoms with E-state index in [2.05, 4.69) is 15.1 Å². The van der Waals surface area contributed by atoms with E-state index >= 15 is 0 Å². The van der Waals surface area contributed by atoms with Gasteiger partial charge in [-0.15, -0.1) is 0 Å². The van der Waals surface area contributed by atoms with E-state index in [1.807, 2.05) is 24.3 Å². The van der Waals surface area contributed by atoms with Crippen molar-refractivity contribution < 1.29 is 9.28 Å². The number of H-pyrrole nitrogens is 1. The first-order chi connectivity index (χ1) is 14.5. The number of aromatic nitrogens is 2. The van der Waals surface area contributed by atoms with E-state index in [0.717, 1.165) is 29.7 Å². The van der Waals surface area contributed by atoms with Crippen molar-refractivity contribution in [1.82, 2.24) is 15.1 Å². The number of halogens is 1. The van der Waals surface area contributed by atoms with Gasteiger partial charge < -0.3 is 0 Å². The van der Waals surface area contributed by atoms with Crippen LogP contribution in [-0.4, -0.2) is 51.4 Å². The van der Waals surface area contributed by atoms with E-state index in [1.54, 1.807) is 12.1 Å². The Morgan fingerprint density at radius 3 is 2.57 bits per heavy atom. The fraction of sp³-hybridized carbons (Fsp3) is 0.391. The van der Waals surface area contributed by atoms with Crippen LogP contribution in [0.3, 0.4) is 0 Å². The third-order valence-electron chi connectivity index (χ3n) is 6.89. The third kappa shape index (κ3) is 3.58. The molecule has 2 aliphatic rings. The van der Waals surface area contributed by atoms with E-state index in [0.29, 0.717) is 35.5 Å². The summed E-state index contributed by atoms with van der Waals surface area (Å²) in [7, 11) is -2.84. The molecule has 0 atom stereocenters. The summed E-state index contributed by atoms with van der Waals surface area (Å²) in [5.41, 5.74) is 1.43. The molecule has 1 saturated heterocycles. The molecule has 0 bridgehead atoms. The van der Waals surface area contributed by atoms with Gasteiger partial charge in [0.15, 0.2) is 0 Å². The van der Waals surface area contributed by atoms with Gasteiger partial charge in [-0.25, -0.2) is 0 Å². The average molecular weight is 427 g/mol. The van der Waals surface area contributed by atoms with Crippen molar-refractivity contribution in [3.8, 4) is 0 Å². The van der Waals surface area contributed by atoms with Crippen molar-refractivity contribution in [1.29, 1.82) is 0 Å². The molecule has 2 fully saturated rings. The molecule has 0 amide bonds. The quantitative estimate of drug-likeness (QED) is 0.629. The molecule has 0 spiro atoms. The van der Waals surface area contributed by atoms with E-state index in [-0.39, 0.29) is 11.4 Å². The Hall–Kier alpha value is -2.14. The summed E-state index contributed by atoms with van der Waals surface area (Å²) in [6, 6.07) is 13.1. The molecule has 2 heterocycles. The number of rotatable bonds is 4. The molecule has 5 nitrogen and oxygen atoms in total. The number of hydrogen-bond acceptors (Lipinski definition) is 4. The van der Waals surface area contributed by atoms with Gasteiger partial charge in [-0.05, 0) is 0 Å². The topological polar surface area (TPSA) is 69.2 Å². The summed E-state index contributed by atoms with van der Waals surface area (Å²) < 4.78 is 14.8. The van der Waals surface area contributed by atoms with Crippen LogP contribution in [0.25, 0.3) is 10.8 Å². The molecule has 1 aliphatic carbocycles. The maximum absolute atomic E-state index is 14.8. The van der Waals surface area contributed by atoms with Crippen molar-refractivity contribution in [3.05, 3.63) is 69.9 Å². The Morgan fingerprint density at radius 2 is 1.87 bits per heavy atom. The Bertz CT molecular complexity index is 1140. The monoisotopic (exact) mass is 427 g/mol. The second-order valence-electron chi connectivity index (χ2n) is 8.69. The molecule has 3 aromatic rings. The van der Waals surface area contributed by atoms with Crippen molar-refractivity contribution in [2.75, 3.05) is 25.4 Å². The van der Waals surface area contributed by atoms with E-state index in [4.69, 9.17) is 0 Å². The van der Waals surface area contributed by atoms with Crippen LogP contribution in [0.2, 0.25) is 0 Å². The zero-order chi connectivity index (χ0) is 20.7. The van der Waals surface area contributed by atoms with Gasteiger partial charge >= 0.3 is 175 Å². The second-order valence-corrected chi connectivity index (χ2v) is 12.3. The summed E-state index contributed by atoms with van der Waals surface area (Å²) in [4.78, 5) is 25.9. The Balaban J connectivity index is 1.42. The van der Waals surface area contributed by atoms with Gasteiger partial charge in [0.1, 0.15) is 0 Å². The summed E-state index contributed by atoms with van der Waals surface area (Å²) in [5.74, 6) is -0.302. The number of aromatic amines is 1. The number of nitrogens with zero attached hydrogens (tertiary/aromatic N) is 2. The van der Waals surface area contributed by atoms with Crippen LogP contribution in [-0.2, 0) is 6.42 Å². The molecule has 2 N–H and O–H groups in total. The normalized spacial score (nSPS) is 20.7. The summed E-state index contributed by atoms with van der Waals surface area (Å²) in [6.07, 6.45) is 5.65. The van der Waals surface area contributed by atoms with Gasteiger partial charge in [-0.3, -0.25) is 0 Å². The van der Waals surface area contributed by atoms with Crippen LogP contribution in [0.4, 0.5) is 4.39 Å². The SMILES string of the molecule is O=c1[nH]nc(Cc2ccc(F)c([PH]3(O)CCN(C4CCC4)CC3)c2)c2ccccc12. The third-order valence-corrected chi connectivity index (χ3v) is 10.4. The minimum atomic E-state index is -2.84. The van der Waals surface area contributed by atoms with Crippen LogP contribution in [0, 0.1) is 5.82 Å². The molecular weight excluding hydrogens is 400 g/mol. The van der Waals surface area contributed by atoms with Gasteiger partial charge in [0, 0.05) is 0 Å². The Morgan fingerprint density at radius 1 is 1.13 bits per heavy atom. The molecule has 1 saturated carbocycles. The van der Waals surface area contributed by atoms with Gasteiger partial charge in [0.2, 0.25) is 0 Å². The maximum atomic E-state index is 14.8. The molecule has 2 aromatic carbocycles. The van der Waals surface area contributed by atoms with Crippen molar-refractivity contribution >= 4 is 23.6 Å². The van der Waals surface area contributed by atoms with Gasteiger partial charge in [-0.2, -0.15) is 0 Å². The van der Waals surface area contributed by atoms with Crippen LogP contribution in [0.1, 0.15) is 30.5 Å². The first-order valence-corrected chi connectivity index (χ1v) is 13.1. The van der Waals surface area contributed by atoms with Gasteiger partial charge in [0.25, 0.3) is 0 Å². The summed E-state index contributed by atoms with van der Waals surface area (Å²) in [5, 5.41) is 8.72. The first-order valence-electron chi connectivity index (χ1n) is 10.8. The number of hydrogen-bond donors (Lipinski definition) is 2. The van der Waals surface area contributed by atoms with Crippen LogP contribution < -0.4 is 10.9 Å². The molecule has 0 radical (unpaired) electrons. The molecule has 158 valence electrons. The van der Waals surface area contributed by atoms with Crippen molar-refractivity contribution in [2.45, 2.75) is 31.7 Å². The average Bonchev–Trinajstić information content (AvgIpc) is 2.72.